The standard InChI is InChI=1S/C21H29N3O4S2/c1-21(2)16-22(11-12-28-21)14-18-15-23(30(26,27)20-4-3-13-29-20)9-10-24(18)17-5-7-19(25)8-6-17/h3-8,13,18,25H,9-12,14-16H2,1-2H3/t18-/m1/s1. The Hall–Kier alpha value is -1.65. The molecule has 0 amide bonds. The molecule has 1 atom stereocenters. The minimum absolute atomic E-state index is 0.00642. The number of phenols is 1. The highest BCUT2D eigenvalue weighted by Crippen LogP contribution is 2.28. The van der Waals surface area contributed by atoms with Crippen molar-refractivity contribution < 1.29 is 18.3 Å². The van der Waals surface area contributed by atoms with Crippen molar-refractivity contribution in [3.8, 4) is 5.75 Å². The van der Waals surface area contributed by atoms with Gasteiger partial charge in [0.1, 0.15) is 9.96 Å². The van der Waals surface area contributed by atoms with E-state index in [-0.39, 0.29) is 17.4 Å². The third-order valence-electron chi connectivity index (χ3n) is 5.69. The average Bonchev–Trinajstić information content (AvgIpc) is 3.24. The predicted molar refractivity (Wildman–Crippen MR) is 119 cm³/mol. The summed E-state index contributed by atoms with van der Waals surface area (Å²) in [7, 11) is -3.49. The predicted octanol–water partition coefficient (Wildman–Crippen LogP) is 2.44. The Morgan fingerprint density at radius 1 is 1.17 bits per heavy atom. The number of nitrogens with zero attached hydrogens (tertiary/aromatic N) is 3. The summed E-state index contributed by atoms with van der Waals surface area (Å²) in [5.74, 6) is 0.226. The Kier molecular flexibility index (Phi) is 6.09. The van der Waals surface area contributed by atoms with Gasteiger partial charge in [-0.2, -0.15) is 4.31 Å². The fourth-order valence-corrected chi connectivity index (χ4v) is 6.90. The van der Waals surface area contributed by atoms with Gasteiger partial charge in [-0.15, -0.1) is 11.3 Å². The molecular weight excluding hydrogens is 422 g/mol. The van der Waals surface area contributed by atoms with Gasteiger partial charge in [0.05, 0.1) is 18.2 Å². The van der Waals surface area contributed by atoms with Crippen LogP contribution in [-0.4, -0.2) is 80.2 Å². The van der Waals surface area contributed by atoms with Crippen molar-refractivity contribution in [2.24, 2.45) is 0 Å². The summed E-state index contributed by atoms with van der Waals surface area (Å²) >= 11 is 1.26. The van der Waals surface area contributed by atoms with Gasteiger partial charge in [-0.3, -0.25) is 4.90 Å². The molecule has 0 unspecified atom stereocenters. The number of rotatable bonds is 5. The molecule has 2 aromatic rings. The molecule has 4 rings (SSSR count). The fourth-order valence-electron chi connectivity index (χ4n) is 4.29. The van der Waals surface area contributed by atoms with E-state index in [1.165, 1.54) is 11.3 Å². The van der Waals surface area contributed by atoms with Crippen LogP contribution in [0.15, 0.2) is 46.0 Å². The van der Waals surface area contributed by atoms with E-state index in [4.69, 9.17) is 4.74 Å². The lowest BCUT2D eigenvalue weighted by Gasteiger charge is -2.46. The van der Waals surface area contributed by atoms with Gasteiger partial charge < -0.3 is 14.7 Å². The van der Waals surface area contributed by atoms with E-state index < -0.39 is 10.0 Å². The Morgan fingerprint density at radius 3 is 2.60 bits per heavy atom. The van der Waals surface area contributed by atoms with E-state index in [1.807, 2.05) is 12.1 Å². The zero-order chi connectivity index (χ0) is 21.4. The lowest BCUT2D eigenvalue weighted by atomic mass is 10.1. The van der Waals surface area contributed by atoms with Crippen LogP contribution in [0.3, 0.4) is 0 Å². The maximum atomic E-state index is 13.1. The van der Waals surface area contributed by atoms with Crippen LogP contribution >= 0.6 is 11.3 Å². The van der Waals surface area contributed by atoms with Crippen molar-refractivity contribution in [2.75, 3.05) is 50.8 Å². The molecule has 0 radical (unpaired) electrons. The second-order valence-corrected chi connectivity index (χ2v) is 11.6. The molecule has 3 heterocycles. The fraction of sp³-hybridized carbons (Fsp3) is 0.524. The summed E-state index contributed by atoms with van der Waals surface area (Å²) in [6.07, 6.45) is 0. The summed E-state index contributed by atoms with van der Waals surface area (Å²) in [5.41, 5.74) is 0.789. The lowest BCUT2D eigenvalue weighted by molar-refractivity contribution is -0.0874. The zero-order valence-corrected chi connectivity index (χ0v) is 19.0. The summed E-state index contributed by atoms with van der Waals surface area (Å²) in [5, 5.41) is 11.5. The molecule has 0 spiro atoms. The van der Waals surface area contributed by atoms with E-state index in [0.29, 0.717) is 30.5 Å². The maximum Gasteiger partial charge on any atom is 0.252 e. The van der Waals surface area contributed by atoms with Crippen molar-refractivity contribution in [1.82, 2.24) is 9.21 Å². The first kappa shape index (κ1) is 21.6. The highest BCUT2D eigenvalue weighted by Gasteiger charge is 2.37. The first-order valence-electron chi connectivity index (χ1n) is 10.2. The quantitative estimate of drug-likeness (QED) is 0.753. The molecule has 0 bridgehead atoms. The zero-order valence-electron chi connectivity index (χ0n) is 17.4. The first-order chi connectivity index (χ1) is 14.2. The van der Waals surface area contributed by atoms with Crippen molar-refractivity contribution in [3.63, 3.8) is 0 Å². The molecule has 164 valence electrons. The van der Waals surface area contributed by atoms with Gasteiger partial charge in [0.15, 0.2) is 0 Å². The smallest absolute Gasteiger partial charge is 0.252 e. The molecule has 2 aliphatic rings. The van der Waals surface area contributed by atoms with Crippen LogP contribution in [0.25, 0.3) is 0 Å². The van der Waals surface area contributed by atoms with Gasteiger partial charge in [-0.25, -0.2) is 8.42 Å². The van der Waals surface area contributed by atoms with Crippen molar-refractivity contribution in [3.05, 3.63) is 41.8 Å². The largest absolute Gasteiger partial charge is 0.508 e. The average molecular weight is 452 g/mol. The molecule has 1 aromatic heterocycles. The number of hydrogen-bond donors (Lipinski definition) is 1. The number of sulfonamides is 1. The molecule has 1 N–H and O–H groups in total. The van der Waals surface area contributed by atoms with Crippen LogP contribution in [0.5, 0.6) is 5.75 Å². The Morgan fingerprint density at radius 2 is 1.93 bits per heavy atom. The SMILES string of the molecule is CC1(C)CN(C[C@@H]2CN(S(=O)(=O)c3cccs3)CCN2c2ccc(O)cc2)CCO1. The number of morpholine rings is 1. The lowest BCUT2D eigenvalue weighted by Crippen LogP contribution is -2.60. The minimum Gasteiger partial charge on any atom is -0.508 e. The molecule has 2 saturated heterocycles. The summed E-state index contributed by atoms with van der Waals surface area (Å²) in [6, 6.07) is 10.6. The number of hydrogen-bond acceptors (Lipinski definition) is 7. The molecule has 30 heavy (non-hydrogen) atoms. The molecular formula is C21H29N3O4S2. The van der Waals surface area contributed by atoms with E-state index >= 15 is 0 Å². The number of phenolic OH excluding ortho intramolecular Hbond substituents is 1. The number of piperazine rings is 1. The van der Waals surface area contributed by atoms with Crippen LogP contribution < -0.4 is 4.90 Å². The highest BCUT2D eigenvalue weighted by molar-refractivity contribution is 7.91. The Bertz CT molecular complexity index is 945. The van der Waals surface area contributed by atoms with Gasteiger partial charge >= 0.3 is 0 Å². The van der Waals surface area contributed by atoms with Gasteiger partial charge in [0, 0.05) is 45.0 Å². The van der Waals surface area contributed by atoms with Crippen molar-refractivity contribution >= 4 is 27.0 Å². The summed E-state index contributed by atoms with van der Waals surface area (Å²) < 4.78 is 34.1. The van der Waals surface area contributed by atoms with Crippen molar-refractivity contribution in [1.29, 1.82) is 0 Å². The normalized spacial score (nSPS) is 23.5. The van der Waals surface area contributed by atoms with Crippen LogP contribution in [0.4, 0.5) is 5.69 Å². The van der Waals surface area contributed by atoms with Gasteiger partial charge in [0.2, 0.25) is 0 Å². The van der Waals surface area contributed by atoms with E-state index in [9.17, 15) is 13.5 Å². The van der Waals surface area contributed by atoms with E-state index in [1.54, 1.807) is 34.0 Å². The van der Waals surface area contributed by atoms with Crippen LogP contribution in [0.1, 0.15) is 13.8 Å². The topological polar surface area (TPSA) is 73.3 Å². The van der Waals surface area contributed by atoms with Crippen LogP contribution in [-0.2, 0) is 14.8 Å². The second kappa shape index (κ2) is 8.47. The number of anilines is 1. The summed E-state index contributed by atoms with van der Waals surface area (Å²) in [6.45, 7) is 8.72. The highest BCUT2D eigenvalue weighted by atomic mass is 32.2. The van der Waals surface area contributed by atoms with Crippen molar-refractivity contribution in [2.45, 2.75) is 29.7 Å². The third-order valence-corrected chi connectivity index (χ3v) is 8.93. The number of aromatic hydroxyl groups is 1. The number of ether oxygens (including phenoxy) is 1. The number of thiophene rings is 1. The molecule has 2 fully saturated rings. The first-order valence-corrected chi connectivity index (χ1v) is 12.5. The molecule has 9 heteroatoms. The third kappa shape index (κ3) is 4.65. The molecule has 0 saturated carbocycles. The maximum absolute atomic E-state index is 13.1. The molecule has 2 aliphatic heterocycles. The van der Waals surface area contributed by atoms with Crippen LogP contribution in [0.2, 0.25) is 0 Å². The Labute approximate surface area is 182 Å². The molecule has 7 nitrogen and oxygen atoms in total. The van der Waals surface area contributed by atoms with Crippen LogP contribution in [0, 0.1) is 0 Å². The molecule has 0 aliphatic carbocycles. The van der Waals surface area contributed by atoms with E-state index in [0.717, 1.165) is 25.3 Å². The van der Waals surface area contributed by atoms with E-state index in [2.05, 4.69) is 23.6 Å². The minimum atomic E-state index is -3.49. The Balaban J connectivity index is 1.58. The van der Waals surface area contributed by atoms with Gasteiger partial charge in [-0.05, 0) is 49.6 Å². The van der Waals surface area contributed by atoms with Gasteiger partial charge in [0.25, 0.3) is 10.0 Å². The van der Waals surface area contributed by atoms with Gasteiger partial charge in [-0.1, -0.05) is 6.07 Å². The number of benzene rings is 1. The summed E-state index contributed by atoms with van der Waals surface area (Å²) in [4.78, 5) is 4.63. The monoisotopic (exact) mass is 451 g/mol. The molecule has 1 aromatic carbocycles. The second-order valence-electron chi connectivity index (χ2n) is 8.50.